The van der Waals surface area contributed by atoms with Crippen LogP contribution in [0.3, 0.4) is 0 Å². The topological polar surface area (TPSA) is 83.1 Å². The molecule has 1 fully saturated rings. The Morgan fingerprint density at radius 1 is 1.16 bits per heavy atom. The van der Waals surface area contributed by atoms with Crippen molar-refractivity contribution in [1.82, 2.24) is 15.6 Å². The summed E-state index contributed by atoms with van der Waals surface area (Å²) >= 11 is 0. The number of piperidine rings is 1. The number of nitrogens with one attached hydrogen (secondary N) is 3. The van der Waals surface area contributed by atoms with Gasteiger partial charge in [-0.15, -0.1) is 0 Å². The van der Waals surface area contributed by atoms with E-state index < -0.39 is 0 Å². The van der Waals surface area contributed by atoms with Crippen molar-refractivity contribution in [3.05, 3.63) is 59.4 Å². The molecular weight excluding hydrogens is 316 g/mol. The number of benzene rings is 1. The van der Waals surface area contributed by atoms with Gasteiger partial charge >= 0.3 is 0 Å². The number of nitrogens with zero attached hydrogens (tertiary/aromatic N) is 1. The first kappa shape index (κ1) is 17.1. The zero-order valence-corrected chi connectivity index (χ0v) is 14.2. The molecule has 25 heavy (non-hydrogen) atoms. The van der Waals surface area contributed by atoms with E-state index in [1.807, 2.05) is 19.1 Å². The van der Waals surface area contributed by atoms with Gasteiger partial charge in [0.1, 0.15) is 0 Å². The molecule has 0 radical (unpaired) electrons. The van der Waals surface area contributed by atoms with E-state index in [1.54, 1.807) is 30.6 Å². The van der Waals surface area contributed by atoms with Gasteiger partial charge in [0.15, 0.2) is 0 Å². The molecule has 1 aliphatic rings. The number of pyridine rings is 1. The predicted molar refractivity (Wildman–Crippen MR) is 96.7 cm³/mol. The van der Waals surface area contributed by atoms with Crippen LogP contribution >= 0.6 is 0 Å². The SMILES string of the molecule is Cc1cccc(C(=O)N[C@H]2CCCNC2)c1NC(=O)c1ccncc1. The van der Waals surface area contributed by atoms with Gasteiger partial charge < -0.3 is 16.0 Å². The van der Waals surface area contributed by atoms with Crippen molar-refractivity contribution >= 4 is 17.5 Å². The largest absolute Gasteiger partial charge is 0.348 e. The summed E-state index contributed by atoms with van der Waals surface area (Å²) in [5.41, 5.74) is 2.37. The minimum atomic E-state index is -0.259. The van der Waals surface area contributed by atoms with E-state index in [2.05, 4.69) is 20.9 Å². The molecule has 0 bridgehead atoms. The molecule has 6 nitrogen and oxygen atoms in total. The van der Waals surface area contributed by atoms with E-state index in [-0.39, 0.29) is 17.9 Å². The van der Waals surface area contributed by atoms with E-state index in [9.17, 15) is 9.59 Å². The Morgan fingerprint density at radius 2 is 1.96 bits per heavy atom. The number of para-hydroxylation sites is 1. The summed E-state index contributed by atoms with van der Waals surface area (Å²) in [6.45, 7) is 3.64. The Labute approximate surface area is 147 Å². The maximum Gasteiger partial charge on any atom is 0.255 e. The minimum Gasteiger partial charge on any atom is -0.348 e. The molecule has 1 atom stereocenters. The predicted octanol–water partition coefficient (Wildman–Crippen LogP) is 2.12. The van der Waals surface area contributed by atoms with Crippen molar-refractivity contribution < 1.29 is 9.59 Å². The van der Waals surface area contributed by atoms with Gasteiger partial charge in [0, 0.05) is 30.5 Å². The van der Waals surface area contributed by atoms with Crippen LogP contribution in [0.2, 0.25) is 0 Å². The van der Waals surface area contributed by atoms with Crippen LogP contribution in [0.1, 0.15) is 39.1 Å². The molecule has 0 spiro atoms. The number of hydrogen-bond donors (Lipinski definition) is 3. The average molecular weight is 338 g/mol. The lowest BCUT2D eigenvalue weighted by molar-refractivity contribution is 0.0931. The number of carbonyl (C=O) groups is 2. The summed E-state index contributed by atoms with van der Waals surface area (Å²) in [4.78, 5) is 29.1. The lowest BCUT2D eigenvalue weighted by atomic mass is 10.0. The second kappa shape index (κ2) is 7.90. The molecule has 2 aromatic rings. The third-order valence-electron chi connectivity index (χ3n) is 4.33. The van der Waals surface area contributed by atoms with E-state index in [0.29, 0.717) is 16.8 Å². The van der Waals surface area contributed by atoms with E-state index in [4.69, 9.17) is 0 Å². The zero-order valence-electron chi connectivity index (χ0n) is 14.2. The Bertz CT molecular complexity index is 755. The maximum atomic E-state index is 12.7. The lowest BCUT2D eigenvalue weighted by Gasteiger charge is -2.24. The van der Waals surface area contributed by atoms with E-state index in [0.717, 1.165) is 31.5 Å². The van der Waals surface area contributed by atoms with Crippen LogP contribution in [-0.2, 0) is 0 Å². The van der Waals surface area contributed by atoms with Gasteiger partial charge in [-0.3, -0.25) is 14.6 Å². The molecule has 2 amide bonds. The van der Waals surface area contributed by atoms with Gasteiger partial charge in [-0.2, -0.15) is 0 Å². The van der Waals surface area contributed by atoms with Gasteiger partial charge in [0.25, 0.3) is 11.8 Å². The molecule has 0 saturated carbocycles. The number of amides is 2. The fourth-order valence-corrected chi connectivity index (χ4v) is 2.95. The highest BCUT2D eigenvalue weighted by molar-refractivity contribution is 6.09. The molecule has 2 heterocycles. The van der Waals surface area contributed by atoms with Crippen molar-refractivity contribution in [3.63, 3.8) is 0 Å². The Balaban J connectivity index is 1.79. The molecule has 0 unspecified atom stereocenters. The number of hydrogen-bond acceptors (Lipinski definition) is 4. The molecule has 1 aromatic carbocycles. The normalized spacial score (nSPS) is 16.9. The number of aromatic nitrogens is 1. The Morgan fingerprint density at radius 3 is 2.68 bits per heavy atom. The molecule has 3 rings (SSSR count). The van der Waals surface area contributed by atoms with E-state index >= 15 is 0 Å². The van der Waals surface area contributed by atoms with Crippen molar-refractivity contribution in [3.8, 4) is 0 Å². The molecule has 1 saturated heterocycles. The highest BCUT2D eigenvalue weighted by Crippen LogP contribution is 2.22. The van der Waals surface area contributed by atoms with Crippen LogP contribution in [0.4, 0.5) is 5.69 Å². The van der Waals surface area contributed by atoms with Crippen molar-refractivity contribution in [2.45, 2.75) is 25.8 Å². The fraction of sp³-hybridized carbons (Fsp3) is 0.316. The molecule has 130 valence electrons. The quantitative estimate of drug-likeness (QED) is 0.797. The standard InChI is InChI=1S/C19H22N4O2/c1-13-4-2-6-16(19(25)22-15-5-3-9-21-12-15)17(13)23-18(24)14-7-10-20-11-8-14/h2,4,6-8,10-11,15,21H,3,5,9,12H2,1H3,(H,22,25)(H,23,24)/t15-/m0/s1. The number of carbonyl (C=O) groups excluding carboxylic acids is 2. The fourth-order valence-electron chi connectivity index (χ4n) is 2.95. The van der Waals surface area contributed by atoms with Crippen molar-refractivity contribution in [1.29, 1.82) is 0 Å². The lowest BCUT2D eigenvalue weighted by Crippen LogP contribution is -2.45. The number of anilines is 1. The van der Waals surface area contributed by atoms with Gasteiger partial charge in [0.05, 0.1) is 11.3 Å². The smallest absolute Gasteiger partial charge is 0.255 e. The second-order valence-corrected chi connectivity index (χ2v) is 6.20. The maximum absolute atomic E-state index is 12.7. The highest BCUT2D eigenvalue weighted by Gasteiger charge is 2.20. The second-order valence-electron chi connectivity index (χ2n) is 6.20. The van der Waals surface area contributed by atoms with Crippen LogP contribution in [0.15, 0.2) is 42.7 Å². The van der Waals surface area contributed by atoms with Gasteiger partial charge in [-0.05, 0) is 50.1 Å². The molecule has 0 aliphatic carbocycles. The molecule has 3 N–H and O–H groups in total. The first-order chi connectivity index (χ1) is 12.1. The van der Waals surface area contributed by atoms with Gasteiger partial charge in [0.2, 0.25) is 0 Å². The average Bonchev–Trinajstić information content (AvgIpc) is 2.64. The Kier molecular flexibility index (Phi) is 5.40. The molecule has 1 aliphatic heterocycles. The van der Waals surface area contributed by atoms with Crippen LogP contribution < -0.4 is 16.0 Å². The monoisotopic (exact) mass is 338 g/mol. The highest BCUT2D eigenvalue weighted by atomic mass is 16.2. The first-order valence-corrected chi connectivity index (χ1v) is 8.47. The van der Waals surface area contributed by atoms with Crippen molar-refractivity contribution in [2.75, 3.05) is 18.4 Å². The zero-order chi connectivity index (χ0) is 17.6. The molecular formula is C19H22N4O2. The van der Waals surface area contributed by atoms with E-state index in [1.165, 1.54) is 0 Å². The number of rotatable bonds is 4. The summed E-state index contributed by atoms with van der Waals surface area (Å²) in [5, 5.41) is 9.20. The summed E-state index contributed by atoms with van der Waals surface area (Å²) in [5.74, 6) is -0.424. The third-order valence-corrected chi connectivity index (χ3v) is 4.33. The summed E-state index contributed by atoms with van der Waals surface area (Å²) in [6, 6.07) is 8.83. The Hall–Kier alpha value is -2.73. The van der Waals surface area contributed by atoms with Gasteiger partial charge in [-0.25, -0.2) is 0 Å². The molecule has 6 heteroatoms. The van der Waals surface area contributed by atoms with Crippen molar-refractivity contribution in [2.24, 2.45) is 0 Å². The summed E-state index contributed by atoms with van der Waals surface area (Å²) < 4.78 is 0. The molecule has 1 aromatic heterocycles. The van der Waals surface area contributed by atoms with Gasteiger partial charge in [-0.1, -0.05) is 12.1 Å². The summed E-state index contributed by atoms with van der Waals surface area (Å²) in [6.07, 6.45) is 5.14. The number of aryl methyl sites for hydroxylation is 1. The van der Waals surface area contributed by atoms with Crippen LogP contribution in [0, 0.1) is 6.92 Å². The van der Waals surface area contributed by atoms with Crippen LogP contribution in [0.5, 0.6) is 0 Å². The minimum absolute atomic E-state index is 0.116. The third kappa shape index (κ3) is 4.22. The van der Waals surface area contributed by atoms with Crippen LogP contribution in [0.25, 0.3) is 0 Å². The first-order valence-electron chi connectivity index (χ1n) is 8.47. The summed E-state index contributed by atoms with van der Waals surface area (Å²) in [7, 11) is 0. The van der Waals surface area contributed by atoms with Crippen LogP contribution in [-0.4, -0.2) is 35.9 Å².